The van der Waals surface area contributed by atoms with E-state index >= 15 is 4.11 Å². The largest absolute Gasteiger partial charge is 0.469 e. The molecule has 254 valence electrons. The molecule has 2 fully saturated rings. The van der Waals surface area contributed by atoms with Gasteiger partial charge in [-0.2, -0.15) is 0 Å². The van der Waals surface area contributed by atoms with Gasteiger partial charge in [0, 0.05) is 53.5 Å². The van der Waals surface area contributed by atoms with Gasteiger partial charge in [0.25, 0.3) is 11.8 Å². The van der Waals surface area contributed by atoms with Gasteiger partial charge in [0.15, 0.2) is 5.60 Å². The van der Waals surface area contributed by atoms with E-state index in [2.05, 4.69) is 5.32 Å². The number of amides is 3. The third kappa shape index (κ3) is 6.65. The van der Waals surface area contributed by atoms with E-state index in [1.54, 1.807) is 65.4 Å². The highest BCUT2D eigenvalue weighted by Crippen LogP contribution is 2.60. The quantitative estimate of drug-likeness (QED) is 0.105. The van der Waals surface area contributed by atoms with Crippen LogP contribution in [0.1, 0.15) is 61.4 Å². The SMILES string of the molecule is COC(=O)CCCCN1C(=O)[C@@]2(O[C@@H](CC(=O)N3CCC[C@H]3CO)[C@H]([Si](C)(C)F)[C@H]2C)c2cc(NC(=O)c3ccc(N)cc3)ccc21. The molecule has 47 heavy (non-hydrogen) atoms. The highest BCUT2D eigenvalue weighted by molar-refractivity contribution is 6.72. The lowest BCUT2D eigenvalue weighted by atomic mass is 9.82. The second-order valence-corrected chi connectivity index (χ2v) is 17.1. The fourth-order valence-electron chi connectivity index (χ4n) is 7.67. The normalized spacial score (nSPS) is 25.4. The van der Waals surface area contributed by atoms with Crippen molar-refractivity contribution < 1.29 is 37.9 Å². The summed E-state index contributed by atoms with van der Waals surface area (Å²) in [5.74, 6) is -1.92. The van der Waals surface area contributed by atoms with E-state index in [1.807, 2.05) is 6.92 Å². The molecule has 2 aromatic carbocycles. The molecule has 0 saturated carbocycles. The van der Waals surface area contributed by atoms with Crippen molar-refractivity contribution in [3.8, 4) is 0 Å². The summed E-state index contributed by atoms with van der Waals surface area (Å²) in [6.45, 7) is 5.62. The predicted molar refractivity (Wildman–Crippen MR) is 178 cm³/mol. The average Bonchev–Trinajstić information content (AvgIpc) is 3.69. The van der Waals surface area contributed by atoms with Crippen LogP contribution in [-0.2, 0) is 29.5 Å². The van der Waals surface area contributed by atoms with Crippen molar-refractivity contribution in [1.82, 2.24) is 4.90 Å². The number of nitrogens with one attached hydrogen (secondary N) is 1. The molecule has 0 unspecified atom stereocenters. The first-order valence-electron chi connectivity index (χ1n) is 16.3. The standard InChI is InChI=1S/C34H45FN4O7Si/c1-21-31(47(3,4)35)28(19-29(41)38-17-7-8-25(38)20-40)46-34(21)26-18-24(37-32(43)22-10-12-23(36)13-11-22)14-15-27(26)39(33(34)44)16-6-5-9-30(42)45-2/h10-15,18,21,25,28,31,40H,5-9,16-17,19-20,36H2,1-4H3,(H,37,43)/t21-,25+,28+,31-,34+/m1/s1. The number of aliphatic hydroxyl groups excluding tert-OH is 1. The van der Waals surface area contributed by atoms with E-state index < -0.39 is 31.6 Å². The summed E-state index contributed by atoms with van der Waals surface area (Å²) >= 11 is 0. The van der Waals surface area contributed by atoms with E-state index in [-0.39, 0.29) is 55.7 Å². The summed E-state index contributed by atoms with van der Waals surface area (Å²) < 4.78 is 27.8. The number of nitrogens with zero attached hydrogens (tertiary/aromatic N) is 2. The van der Waals surface area contributed by atoms with Crippen LogP contribution in [-0.4, -0.2) is 81.1 Å². The van der Waals surface area contributed by atoms with Gasteiger partial charge in [-0.05, 0) is 81.2 Å². The smallest absolute Gasteiger partial charge is 0.305 e. The number of fused-ring (bicyclic) bond motifs is 2. The maximum absolute atomic E-state index is 16.3. The van der Waals surface area contributed by atoms with Crippen LogP contribution in [0.2, 0.25) is 18.6 Å². The zero-order chi connectivity index (χ0) is 34.1. The number of benzene rings is 2. The number of methoxy groups -OCH3 is 1. The van der Waals surface area contributed by atoms with Crippen LogP contribution in [0, 0.1) is 5.92 Å². The van der Waals surface area contributed by atoms with Gasteiger partial charge in [-0.1, -0.05) is 6.92 Å². The number of nitrogens with two attached hydrogens (primary N) is 1. The molecular weight excluding hydrogens is 623 g/mol. The minimum absolute atomic E-state index is 0.108. The third-order valence-corrected chi connectivity index (χ3v) is 12.4. The number of hydrogen-bond acceptors (Lipinski definition) is 8. The Morgan fingerprint density at radius 2 is 1.89 bits per heavy atom. The molecule has 3 heterocycles. The van der Waals surface area contributed by atoms with Crippen molar-refractivity contribution in [3.05, 3.63) is 53.6 Å². The molecular formula is C34H45FN4O7Si. The minimum Gasteiger partial charge on any atom is -0.469 e. The van der Waals surface area contributed by atoms with Gasteiger partial charge in [-0.15, -0.1) is 0 Å². The van der Waals surface area contributed by atoms with E-state index in [9.17, 15) is 24.3 Å². The van der Waals surface area contributed by atoms with Crippen molar-refractivity contribution in [2.45, 2.75) is 81.8 Å². The van der Waals surface area contributed by atoms with Gasteiger partial charge in [0.2, 0.25) is 14.3 Å². The highest BCUT2D eigenvalue weighted by Gasteiger charge is 2.67. The summed E-state index contributed by atoms with van der Waals surface area (Å²) in [4.78, 5) is 56.3. The molecule has 1 spiro atoms. The fraction of sp³-hybridized carbons (Fsp3) is 0.529. The van der Waals surface area contributed by atoms with E-state index in [4.69, 9.17) is 15.2 Å². The summed E-state index contributed by atoms with van der Waals surface area (Å²) in [5.41, 5.74) is 5.93. The average molecular weight is 669 g/mol. The van der Waals surface area contributed by atoms with Gasteiger partial charge in [0.05, 0.1) is 38.0 Å². The molecule has 3 amide bonds. The summed E-state index contributed by atoms with van der Waals surface area (Å²) in [6, 6.07) is 11.4. The number of hydrogen-bond donors (Lipinski definition) is 3. The van der Waals surface area contributed by atoms with Crippen molar-refractivity contribution >= 4 is 49.2 Å². The van der Waals surface area contributed by atoms with Gasteiger partial charge in [0.1, 0.15) is 0 Å². The first-order chi connectivity index (χ1) is 22.3. The molecule has 3 aliphatic rings. The Kier molecular flexibility index (Phi) is 10.1. The summed E-state index contributed by atoms with van der Waals surface area (Å²) in [7, 11) is -2.20. The summed E-state index contributed by atoms with van der Waals surface area (Å²) in [5, 5.41) is 12.7. The molecule has 13 heteroatoms. The van der Waals surface area contributed by atoms with Crippen LogP contribution in [0.5, 0.6) is 0 Å². The maximum Gasteiger partial charge on any atom is 0.305 e. The molecule has 4 N–H and O–H groups in total. The van der Waals surface area contributed by atoms with Crippen LogP contribution < -0.4 is 16.0 Å². The second-order valence-electron chi connectivity index (χ2n) is 13.3. The van der Waals surface area contributed by atoms with E-state index in [0.717, 1.165) is 6.42 Å². The van der Waals surface area contributed by atoms with Crippen LogP contribution in [0.15, 0.2) is 42.5 Å². The van der Waals surface area contributed by atoms with Crippen molar-refractivity contribution in [3.63, 3.8) is 0 Å². The van der Waals surface area contributed by atoms with Gasteiger partial charge in [-0.25, -0.2) is 0 Å². The maximum atomic E-state index is 16.3. The lowest BCUT2D eigenvalue weighted by molar-refractivity contribution is -0.150. The Morgan fingerprint density at radius 1 is 1.17 bits per heavy atom. The van der Waals surface area contributed by atoms with Crippen LogP contribution in [0.25, 0.3) is 0 Å². The number of ether oxygens (including phenoxy) is 2. The number of esters is 1. The molecule has 3 aliphatic heterocycles. The number of rotatable bonds is 11. The van der Waals surface area contributed by atoms with E-state index in [0.29, 0.717) is 54.0 Å². The number of anilines is 3. The monoisotopic (exact) mass is 668 g/mol. The molecule has 0 radical (unpaired) electrons. The van der Waals surface area contributed by atoms with E-state index in [1.165, 1.54) is 7.11 Å². The molecule has 0 aromatic heterocycles. The molecule has 5 atom stereocenters. The lowest BCUT2D eigenvalue weighted by Gasteiger charge is -2.31. The number of nitrogen functional groups attached to an aromatic ring is 1. The number of halogens is 1. The van der Waals surface area contributed by atoms with Gasteiger partial charge in [-0.3, -0.25) is 19.2 Å². The number of aliphatic hydroxyl groups is 1. The number of unbranched alkanes of at least 4 members (excludes halogenated alkanes) is 1. The van der Waals surface area contributed by atoms with Crippen molar-refractivity contribution in [2.75, 3.05) is 42.8 Å². The molecule has 2 saturated heterocycles. The molecule has 2 aromatic rings. The highest BCUT2D eigenvalue weighted by atomic mass is 28.4. The first kappa shape index (κ1) is 34.5. The number of carbonyl (C=O) groups is 4. The predicted octanol–water partition coefficient (Wildman–Crippen LogP) is 4.36. The van der Waals surface area contributed by atoms with Crippen LogP contribution >= 0.6 is 0 Å². The molecule has 5 rings (SSSR count). The first-order valence-corrected chi connectivity index (χ1v) is 19.2. The van der Waals surface area contributed by atoms with Crippen molar-refractivity contribution in [1.29, 1.82) is 0 Å². The zero-order valence-corrected chi connectivity index (χ0v) is 28.5. The molecule has 0 aliphatic carbocycles. The Labute approximate surface area is 275 Å². The summed E-state index contributed by atoms with van der Waals surface area (Å²) in [6.07, 6.45) is 1.71. The van der Waals surface area contributed by atoms with Crippen molar-refractivity contribution in [2.24, 2.45) is 5.92 Å². The zero-order valence-electron chi connectivity index (χ0n) is 27.5. The Hall–Kier alpha value is -3.81. The lowest BCUT2D eigenvalue weighted by Crippen LogP contribution is -2.45. The number of likely N-dealkylation sites (tertiary alicyclic amines) is 1. The Balaban J connectivity index is 1.50. The van der Waals surface area contributed by atoms with Gasteiger partial charge < -0.3 is 39.5 Å². The molecule has 0 bridgehead atoms. The Bertz CT molecular complexity index is 1520. The second kappa shape index (κ2) is 13.7. The number of carbonyl (C=O) groups excluding carboxylic acids is 4. The molecule has 11 nitrogen and oxygen atoms in total. The Morgan fingerprint density at radius 3 is 2.55 bits per heavy atom. The third-order valence-electron chi connectivity index (χ3n) is 9.92. The topological polar surface area (TPSA) is 152 Å². The van der Waals surface area contributed by atoms with Crippen LogP contribution in [0.3, 0.4) is 0 Å². The van der Waals surface area contributed by atoms with Crippen LogP contribution in [0.4, 0.5) is 21.2 Å². The van der Waals surface area contributed by atoms with Gasteiger partial charge >= 0.3 is 5.97 Å². The minimum atomic E-state index is -3.53. The fourth-order valence-corrected chi connectivity index (χ4v) is 10.2.